The number of urea groups is 1. The molecule has 0 aliphatic carbocycles. The number of aryl methyl sites for hydroxylation is 1. The summed E-state index contributed by atoms with van der Waals surface area (Å²) in [4.78, 5) is 37.5. The number of piperazine rings is 1. The minimum Gasteiger partial charge on any atom is -0.353 e. The summed E-state index contributed by atoms with van der Waals surface area (Å²) in [7, 11) is 0. The number of thiazole rings is 1. The van der Waals surface area contributed by atoms with E-state index in [1.807, 2.05) is 49.4 Å². The second-order valence-corrected chi connectivity index (χ2v) is 8.19. The fourth-order valence-corrected chi connectivity index (χ4v) is 4.00. The fourth-order valence-electron chi connectivity index (χ4n) is 3.30. The molecule has 2 N–H and O–H groups in total. The number of carbonyl (C=O) groups excluding carboxylic acids is 2. The molecule has 1 saturated heterocycles. The molecule has 0 spiro atoms. The van der Waals surface area contributed by atoms with Gasteiger partial charge in [0.05, 0.1) is 12.1 Å². The molecular weight excluding hydrogens is 412 g/mol. The van der Waals surface area contributed by atoms with Crippen LogP contribution in [0.3, 0.4) is 0 Å². The van der Waals surface area contributed by atoms with Crippen molar-refractivity contribution in [2.24, 2.45) is 0 Å². The Kier molecular flexibility index (Phi) is 6.42. The Labute approximate surface area is 184 Å². The van der Waals surface area contributed by atoms with Crippen molar-refractivity contribution in [2.45, 2.75) is 13.3 Å². The third-order valence-electron chi connectivity index (χ3n) is 4.98. The maximum atomic E-state index is 12.6. The van der Waals surface area contributed by atoms with Gasteiger partial charge in [0.1, 0.15) is 5.82 Å². The molecule has 0 bridgehead atoms. The molecule has 1 aromatic carbocycles. The Morgan fingerprint density at radius 3 is 2.52 bits per heavy atom. The number of anilines is 3. The van der Waals surface area contributed by atoms with Gasteiger partial charge in [-0.25, -0.2) is 14.8 Å². The van der Waals surface area contributed by atoms with Crippen molar-refractivity contribution in [1.29, 1.82) is 0 Å². The SMILES string of the molecule is Cc1ccc(NC(=O)Cc2csc(NC(=O)N3CCN(c4ccccn4)CC3)n2)cc1. The first kappa shape index (κ1) is 20.8. The van der Waals surface area contributed by atoms with Gasteiger partial charge in [-0.1, -0.05) is 23.8 Å². The molecule has 0 saturated carbocycles. The van der Waals surface area contributed by atoms with Gasteiger partial charge < -0.3 is 15.1 Å². The van der Waals surface area contributed by atoms with Gasteiger partial charge in [-0.3, -0.25) is 10.1 Å². The molecule has 160 valence electrons. The summed E-state index contributed by atoms with van der Waals surface area (Å²) < 4.78 is 0. The third-order valence-corrected chi connectivity index (χ3v) is 5.79. The molecule has 1 aliphatic heterocycles. The average molecular weight is 437 g/mol. The van der Waals surface area contributed by atoms with Crippen molar-refractivity contribution >= 4 is 39.9 Å². The summed E-state index contributed by atoms with van der Waals surface area (Å²) in [5.74, 6) is 0.786. The molecule has 8 nitrogen and oxygen atoms in total. The van der Waals surface area contributed by atoms with Crippen LogP contribution in [0.25, 0.3) is 0 Å². The van der Waals surface area contributed by atoms with Crippen molar-refractivity contribution in [2.75, 3.05) is 41.7 Å². The molecular formula is C22H24N6O2S. The van der Waals surface area contributed by atoms with Crippen LogP contribution in [-0.4, -0.2) is 53.0 Å². The molecule has 0 unspecified atom stereocenters. The number of carbonyl (C=O) groups is 2. The normalized spacial score (nSPS) is 13.7. The molecule has 9 heteroatoms. The summed E-state index contributed by atoms with van der Waals surface area (Å²) in [6.45, 7) is 4.68. The number of aromatic nitrogens is 2. The first-order valence-corrected chi connectivity index (χ1v) is 11.0. The molecule has 4 rings (SSSR count). The summed E-state index contributed by atoms with van der Waals surface area (Å²) >= 11 is 1.32. The van der Waals surface area contributed by atoms with Crippen LogP contribution in [0, 0.1) is 6.92 Å². The minimum atomic E-state index is -0.175. The highest BCUT2D eigenvalue weighted by Crippen LogP contribution is 2.18. The van der Waals surface area contributed by atoms with Gasteiger partial charge in [0.2, 0.25) is 5.91 Å². The molecule has 0 radical (unpaired) electrons. The van der Waals surface area contributed by atoms with E-state index in [1.165, 1.54) is 11.3 Å². The summed E-state index contributed by atoms with van der Waals surface area (Å²) in [6, 6.07) is 13.3. The van der Waals surface area contributed by atoms with Gasteiger partial charge in [-0.2, -0.15) is 0 Å². The Balaban J connectivity index is 1.25. The summed E-state index contributed by atoms with van der Waals surface area (Å²) in [6.07, 6.45) is 1.93. The van der Waals surface area contributed by atoms with Crippen molar-refractivity contribution < 1.29 is 9.59 Å². The topological polar surface area (TPSA) is 90.5 Å². The molecule has 3 aromatic rings. The van der Waals surface area contributed by atoms with Crippen LogP contribution in [0.4, 0.5) is 21.4 Å². The lowest BCUT2D eigenvalue weighted by Crippen LogP contribution is -2.50. The zero-order valence-corrected chi connectivity index (χ0v) is 18.1. The first-order valence-electron chi connectivity index (χ1n) is 10.1. The van der Waals surface area contributed by atoms with Crippen LogP contribution < -0.4 is 15.5 Å². The maximum absolute atomic E-state index is 12.6. The van der Waals surface area contributed by atoms with E-state index >= 15 is 0 Å². The molecule has 0 atom stereocenters. The third kappa shape index (κ3) is 5.58. The van der Waals surface area contributed by atoms with Gasteiger partial charge in [0.25, 0.3) is 0 Å². The molecule has 2 aromatic heterocycles. The van der Waals surface area contributed by atoms with Crippen LogP contribution in [0.5, 0.6) is 0 Å². The second kappa shape index (κ2) is 9.57. The lowest BCUT2D eigenvalue weighted by atomic mass is 10.2. The number of rotatable bonds is 5. The van der Waals surface area contributed by atoms with Gasteiger partial charge in [0.15, 0.2) is 5.13 Å². The summed E-state index contributed by atoms with van der Waals surface area (Å²) in [5, 5.41) is 7.99. The Morgan fingerprint density at radius 1 is 1.03 bits per heavy atom. The van der Waals surface area contributed by atoms with Crippen LogP contribution >= 0.6 is 11.3 Å². The van der Waals surface area contributed by atoms with E-state index < -0.39 is 0 Å². The monoisotopic (exact) mass is 436 g/mol. The van der Waals surface area contributed by atoms with E-state index in [-0.39, 0.29) is 18.4 Å². The van der Waals surface area contributed by atoms with Gasteiger partial charge in [0, 0.05) is 43.4 Å². The lowest BCUT2D eigenvalue weighted by molar-refractivity contribution is -0.115. The van der Waals surface area contributed by atoms with E-state index in [9.17, 15) is 9.59 Å². The molecule has 3 amide bonds. The number of amides is 3. The first-order chi connectivity index (χ1) is 15.1. The number of benzene rings is 1. The van der Waals surface area contributed by atoms with Crippen molar-refractivity contribution in [1.82, 2.24) is 14.9 Å². The van der Waals surface area contributed by atoms with E-state index in [1.54, 1.807) is 16.5 Å². The van der Waals surface area contributed by atoms with E-state index in [0.717, 1.165) is 30.2 Å². The molecule has 3 heterocycles. The van der Waals surface area contributed by atoms with E-state index in [4.69, 9.17) is 0 Å². The number of nitrogens with zero attached hydrogens (tertiary/aromatic N) is 4. The van der Waals surface area contributed by atoms with Crippen molar-refractivity contribution in [3.05, 3.63) is 65.3 Å². The maximum Gasteiger partial charge on any atom is 0.323 e. The second-order valence-electron chi connectivity index (χ2n) is 7.33. The predicted octanol–water partition coefficient (Wildman–Crippen LogP) is 3.38. The van der Waals surface area contributed by atoms with Gasteiger partial charge in [-0.15, -0.1) is 11.3 Å². The van der Waals surface area contributed by atoms with E-state index in [2.05, 4.69) is 25.5 Å². The van der Waals surface area contributed by atoms with Crippen LogP contribution in [-0.2, 0) is 11.2 Å². The number of pyridine rings is 1. The Morgan fingerprint density at radius 2 is 1.81 bits per heavy atom. The molecule has 1 aliphatic rings. The number of hydrogen-bond acceptors (Lipinski definition) is 6. The predicted molar refractivity (Wildman–Crippen MR) is 123 cm³/mol. The highest BCUT2D eigenvalue weighted by atomic mass is 32.1. The highest BCUT2D eigenvalue weighted by molar-refractivity contribution is 7.13. The standard InChI is InChI=1S/C22H24N6O2S/c1-16-5-7-17(8-6-16)24-20(29)14-18-15-31-21(25-18)26-22(30)28-12-10-27(11-13-28)19-4-2-3-9-23-19/h2-9,15H,10-14H2,1H3,(H,24,29)(H,25,26,30). The highest BCUT2D eigenvalue weighted by Gasteiger charge is 2.22. The lowest BCUT2D eigenvalue weighted by Gasteiger charge is -2.35. The smallest absolute Gasteiger partial charge is 0.323 e. The van der Waals surface area contributed by atoms with Gasteiger partial charge >= 0.3 is 6.03 Å². The number of nitrogens with one attached hydrogen (secondary N) is 2. The van der Waals surface area contributed by atoms with Crippen LogP contribution in [0.1, 0.15) is 11.3 Å². The Hall–Kier alpha value is -3.46. The van der Waals surface area contributed by atoms with Crippen LogP contribution in [0.15, 0.2) is 54.0 Å². The Bertz CT molecular complexity index is 1030. The van der Waals surface area contributed by atoms with Gasteiger partial charge in [-0.05, 0) is 31.2 Å². The zero-order valence-electron chi connectivity index (χ0n) is 17.2. The zero-order chi connectivity index (χ0) is 21.6. The molecule has 31 heavy (non-hydrogen) atoms. The average Bonchev–Trinajstić information content (AvgIpc) is 3.22. The van der Waals surface area contributed by atoms with Crippen molar-refractivity contribution in [3.63, 3.8) is 0 Å². The summed E-state index contributed by atoms with van der Waals surface area (Å²) in [5.41, 5.74) is 2.52. The molecule has 1 fully saturated rings. The minimum absolute atomic E-state index is 0.141. The number of hydrogen-bond donors (Lipinski definition) is 2. The fraction of sp³-hybridized carbons (Fsp3) is 0.273. The van der Waals surface area contributed by atoms with Crippen molar-refractivity contribution in [3.8, 4) is 0 Å². The quantitative estimate of drug-likeness (QED) is 0.640. The largest absolute Gasteiger partial charge is 0.353 e. The van der Waals surface area contributed by atoms with Crippen LogP contribution in [0.2, 0.25) is 0 Å². The van der Waals surface area contributed by atoms with E-state index in [0.29, 0.717) is 23.9 Å².